The van der Waals surface area contributed by atoms with Crippen molar-refractivity contribution in [1.82, 2.24) is 5.32 Å². The number of aliphatic carboxylic acids is 1. The summed E-state index contributed by atoms with van der Waals surface area (Å²) in [5.41, 5.74) is 0.322. The third kappa shape index (κ3) is 0.669. The molecule has 0 aromatic carbocycles. The van der Waals surface area contributed by atoms with Crippen LogP contribution < -0.4 is 5.32 Å². The van der Waals surface area contributed by atoms with Gasteiger partial charge in [0, 0.05) is 6.04 Å². The normalized spacial score (nSPS) is 50.5. The standard InChI is InChI=1S/C7H11NO2/c1-7-2-4(6(9)10)8-5(7)3-7/h4-5,8H,2-3H2,1H3,(H,9,10)/t4-,5+,7-/m0/s1. The molecule has 3 nitrogen and oxygen atoms in total. The molecule has 2 N–H and O–H groups in total. The lowest BCUT2D eigenvalue weighted by molar-refractivity contribution is -0.139. The van der Waals surface area contributed by atoms with Gasteiger partial charge in [-0.3, -0.25) is 4.79 Å². The van der Waals surface area contributed by atoms with E-state index in [1.54, 1.807) is 0 Å². The lowest BCUT2D eigenvalue weighted by Crippen LogP contribution is -2.33. The average molecular weight is 141 g/mol. The van der Waals surface area contributed by atoms with Gasteiger partial charge >= 0.3 is 5.97 Å². The molecule has 3 atom stereocenters. The number of fused-ring (bicyclic) bond motifs is 1. The molecule has 0 bridgehead atoms. The Bertz CT molecular complexity index is 192. The summed E-state index contributed by atoms with van der Waals surface area (Å²) in [6, 6.07) is 0.220. The number of hydrogen-bond acceptors (Lipinski definition) is 2. The second kappa shape index (κ2) is 1.53. The number of carboxylic acids is 1. The highest BCUT2D eigenvalue weighted by molar-refractivity contribution is 5.74. The van der Waals surface area contributed by atoms with E-state index < -0.39 is 5.97 Å². The van der Waals surface area contributed by atoms with E-state index in [1.165, 1.54) is 0 Å². The molecule has 2 rings (SSSR count). The Labute approximate surface area is 59.4 Å². The predicted molar refractivity (Wildman–Crippen MR) is 35.7 cm³/mol. The summed E-state index contributed by atoms with van der Waals surface area (Å²) in [5, 5.41) is 11.7. The minimum absolute atomic E-state index is 0.274. The fourth-order valence-corrected chi connectivity index (χ4v) is 1.82. The van der Waals surface area contributed by atoms with E-state index in [0.717, 1.165) is 12.8 Å². The molecule has 0 aromatic heterocycles. The molecular weight excluding hydrogens is 130 g/mol. The predicted octanol–water partition coefficient (Wildman–Crippen LogP) is 0.211. The summed E-state index contributed by atoms with van der Waals surface area (Å²) in [4.78, 5) is 10.4. The quantitative estimate of drug-likeness (QED) is 0.549. The molecule has 0 aromatic rings. The van der Waals surface area contributed by atoms with Crippen molar-refractivity contribution in [2.75, 3.05) is 0 Å². The van der Waals surface area contributed by atoms with Crippen LogP contribution in [0.1, 0.15) is 19.8 Å². The second-order valence-electron chi connectivity index (χ2n) is 3.67. The molecule has 1 aliphatic carbocycles. The fraction of sp³-hybridized carbons (Fsp3) is 0.857. The van der Waals surface area contributed by atoms with Crippen LogP contribution in [0, 0.1) is 5.41 Å². The highest BCUT2D eigenvalue weighted by Crippen LogP contribution is 2.53. The monoisotopic (exact) mass is 141 g/mol. The van der Waals surface area contributed by atoms with Crippen LogP contribution in [-0.2, 0) is 4.79 Å². The summed E-state index contributed by atoms with van der Waals surface area (Å²) >= 11 is 0. The van der Waals surface area contributed by atoms with Gasteiger partial charge in [0.25, 0.3) is 0 Å². The molecule has 1 heterocycles. The van der Waals surface area contributed by atoms with Gasteiger partial charge in [-0.25, -0.2) is 0 Å². The van der Waals surface area contributed by atoms with E-state index in [4.69, 9.17) is 5.11 Å². The number of piperidine rings is 1. The summed E-state index contributed by atoms with van der Waals surface area (Å²) in [5.74, 6) is -0.701. The second-order valence-corrected chi connectivity index (χ2v) is 3.67. The van der Waals surface area contributed by atoms with Gasteiger partial charge in [0.15, 0.2) is 0 Å². The van der Waals surface area contributed by atoms with Crippen molar-refractivity contribution < 1.29 is 9.90 Å². The van der Waals surface area contributed by atoms with Crippen LogP contribution in [0.3, 0.4) is 0 Å². The SMILES string of the molecule is C[C@@]12C[C@@H](C(=O)O)N[C@@H]1C2. The van der Waals surface area contributed by atoms with Crippen LogP contribution in [0.2, 0.25) is 0 Å². The molecule has 0 spiro atoms. The fourth-order valence-electron chi connectivity index (χ4n) is 1.82. The number of carboxylic acid groups (broad SMARTS) is 1. The first kappa shape index (κ1) is 6.16. The van der Waals surface area contributed by atoms with Crippen LogP contribution in [0.15, 0.2) is 0 Å². The maximum atomic E-state index is 10.4. The first-order valence-electron chi connectivity index (χ1n) is 3.61. The third-order valence-electron chi connectivity index (χ3n) is 2.72. The lowest BCUT2D eigenvalue weighted by atomic mass is 10.0. The summed E-state index contributed by atoms with van der Waals surface area (Å²) in [6.45, 7) is 2.15. The zero-order valence-electron chi connectivity index (χ0n) is 5.92. The van der Waals surface area contributed by atoms with Crippen LogP contribution >= 0.6 is 0 Å². The highest BCUT2D eigenvalue weighted by atomic mass is 16.4. The first-order valence-corrected chi connectivity index (χ1v) is 3.61. The summed E-state index contributed by atoms with van der Waals surface area (Å²) in [6.07, 6.45) is 1.98. The first-order chi connectivity index (χ1) is 4.62. The number of nitrogens with one attached hydrogen (secondary N) is 1. The maximum Gasteiger partial charge on any atom is 0.320 e. The van der Waals surface area contributed by atoms with E-state index in [9.17, 15) is 4.79 Å². The van der Waals surface area contributed by atoms with Gasteiger partial charge < -0.3 is 10.4 Å². The zero-order valence-corrected chi connectivity index (χ0v) is 5.92. The Morgan fingerprint density at radius 3 is 2.70 bits per heavy atom. The molecule has 3 heteroatoms. The van der Waals surface area contributed by atoms with Gasteiger partial charge in [0.2, 0.25) is 0 Å². The van der Waals surface area contributed by atoms with Gasteiger partial charge in [-0.05, 0) is 18.3 Å². The zero-order chi connectivity index (χ0) is 7.35. The molecule has 1 saturated carbocycles. The highest BCUT2D eigenvalue weighted by Gasteiger charge is 2.58. The van der Waals surface area contributed by atoms with Crippen LogP contribution in [0.5, 0.6) is 0 Å². The third-order valence-corrected chi connectivity index (χ3v) is 2.72. The molecule has 10 heavy (non-hydrogen) atoms. The molecule has 0 radical (unpaired) electrons. The van der Waals surface area contributed by atoms with Crippen molar-refractivity contribution >= 4 is 5.97 Å². The Kier molecular flexibility index (Phi) is 0.944. The number of rotatable bonds is 1. The van der Waals surface area contributed by atoms with Crippen molar-refractivity contribution in [3.63, 3.8) is 0 Å². The molecule has 56 valence electrons. The van der Waals surface area contributed by atoms with Crippen molar-refractivity contribution in [2.24, 2.45) is 5.41 Å². The molecular formula is C7H11NO2. The largest absolute Gasteiger partial charge is 0.480 e. The minimum Gasteiger partial charge on any atom is -0.480 e. The van der Waals surface area contributed by atoms with E-state index in [2.05, 4.69) is 12.2 Å². The Balaban J connectivity index is 2.04. The van der Waals surface area contributed by atoms with Gasteiger partial charge in [0.1, 0.15) is 6.04 Å². The Morgan fingerprint density at radius 1 is 1.70 bits per heavy atom. The van der Waals surface area contributed by atoms with Crippen LogP contribution in [0.25, 0.3) is 0 Å². The lowest BCUT2D eigenvalue weighted by Gasteiger charge is -2.07. The van der Waals surface area contributed by atoms with Gasteiger partial charge in [-0.1, -0.05) is 6.92 Å². The van der Waals surface area contributed by atoms with Gasteiger partial charge in [-0.2, -0.15) is 0 Å². The molecule has 0 amide bonds. The molecule has 2 fully saturated rings. The van der Waals surface area contributed by atoms with E-state index >= 15 is 0 Å². The minimum atomic E-state index is -0.701. The molecule has 1 aliphatic heterocycles. The number of carbonyl (C=O) groups is 1. The van der Waals surface area contributed by atoms with Crippen molar-refractivity contribution in [3.8, 4) is 0 Å². The molecule has 0 unspecified atom stereocenters. The van der Waals surface area contributed by atoms with Gasteiger partial charge in [-0.15, -0.1) is 0 Å². The van der Waals surface area contributed by atoms with Crippen molar-refractivity contribution in [2.45, 2.75) is 31.8 Å². The molecule has 1 saturated heterocycles. The van der Waals surface area contributed by atoms with Crippen LogP contribution in [0.4, 0.5) is 0 Å². The van der Waals surface area contributed by atoms with E-state index in [0.29, 0.717) is 11.5 Å². The van der Waals surface area contributed by atoms with Crippen molar-refractivity contribution in [1.29, 1.82) is 0 Å². The van der Waals surface area contributed by atoms with E-state index in [1.807, 2.05) is 0 Å². The maximum absolute atomic E-state index is 10.4. The van der Waals surface area contributed by atoms with E-state index in [-0.39, 0.29) is 6.04 Å². The van der Waals surface area contributed by atoms with Gasteiger partial charge in [0.05, 0.1) is 0 Å². The topological polar surface area (TPSA) is 49.3 Å². The summed E-state index contributed by atoms with van der Waals surface area (Å²) in [7, 11) is 0. The molecule has 2 aliphatic rings. The summed E-state index contributed by atoms with van der Waals surface area (Å²) < 4.78 is 0. The van der Waals surface area contributed by atoms with Crippen molar-refractivity contribution in [3.05, 3.63) is 0 Å². The average Bonchev–Trinajstić information content (AvgIpc) is 2.32. The smallest absolute Gasteiger partial charge is 0.320 e. The Morgan fingerprint density at radius 2 is 2.40 bits per heavy atom. The van der Waals surface area contributed by atoms with Crippen LogP contribution in [-0.4, -0.2) is 23.2 Å². The Hall–Kier alpha value is -0.570. The number of hydrogen-bond donors (Lipinski definition) is 2.